The van der Waals surface area contributed by atoms with Gasteiger partial charge in [0.25, 0.3) is 5.56 Å². The number of carbonyl (C=O) groups is 1. The van der Waals surface area contributed by atoms with Gasteiger partial charge in [-0.15, -0.1) is 17.5 Å². The van der Waals surface area contributed by atoms with Gasteiger partial charge >= 0.3 is 0 Å². The number of nitrogens with one attached hydrogen (secondary N) is 1. The van der Waals surface area contributed by atoms with Crippen molar-refractivity contribution in [3.8, 4) is 0 Å². The average Bonchev–Trinajstić information content (AvgIpc) is 2.58. The van der Waals surface area contributed by atoms with Crippen LogP contribution in [0.15, 0.2) is 29.1 Å². The SMILES string of the molecule is CCCCC(CN)NC(=O)CCn1nnc2ccccc2c1=O.Cl. The van der Waals surface area contributed by atoms with Crippen LogP contribution in [-0.4, -0.2) is 33.5 Å². The Labute approximate surface area is 147 Å². The number of nitrogens with zero attached hydrogens (tertiary/aromatic N) is 3. The predicted molar refractivity (Wildman–Crippen MR) is 96.2 cm³/mol. The molecule has 1 aromatic carbocycles. The van der Waals surface area contributed by atoms with E-state index in [9.17, 15) is 9.59 Å². The van der Waals surface area contributed by atoms with Gasteiger partial charge < -0.3 is 11.1 Å². The Bertz CT molecular complexity index is 719. The van der Waals surface area contributed by atoms with E-state index in [1.807, 2.05) is 0 Å². The van der Waals surface area contributed by atoms with E-state index in [0.717, 1.165) is 19.3 Å². The van der Waals surface area contributed by atoms with Crippen LogP contribution in [0, 0.1) is 0 Å². The first-order chi connectivity index (χ1) is 11.2. The highest BCUT2D eigenvalue weighted by Crippen LogP contribution is 2.04. The fourth-order valence-electron chi connectivity index (χ4n) is 2.38. The summed E-state index contributed by atoms with van der Waals surface area (Å²) in [6, 6.07) is 7.01. The highest BCUT2D eigenvalue weighted by Gasteiger charge is 2.11. The van der Waals surface area contributed by atoms with Gasteiger partial charge in [0, 0.05) is 19.0 Å². The topological polar surface area (TPSA) is 103 Å². The molecule has 1 aromatic heterocycles. The molecule has 2 aromatic rings. The van der Waals surface area contributed by atoms with Crippen LogP contribution in [0.4, 0.5) is 0 Å². The van der Waals surface area contributed by atoms with Crippen LogP contribution < -0.4 is 16.6 Å². The average molecular weight is 354 g/mol. The first kappa shape index (κ1) is 20.1. The minimum Gasteiger partial charge on any atom is -0.352 e. The monoisotopic (exact) mass is 353 g/mol. The van der Waals surface area contributed by atoms with Crippen LogP contribution in [0.3, 0.4) is 0 Å². The summed E-state index contributed by atoms with van der Waals surface area (Å²) < 4.78 is 1.23. The van der Waals surface area contributed by atoms with Gasteiger partial charge in [-0.2, -0.15) is 0 Å². The lowest BCUT2D eigenvalue weighted by Crippen LogP contribution is -2.40. The molecule has 0 spiro atoms. The molecule has 0 radical (unpaired) electrons. The van der Waals surface area contributed by atoms with E-state index in [4.69, 9.17) is 5.73 Å². The molecule has 24 heavy (non-hydrogen) atoms. The highest BCUT2D eigenvalue weighted by molar-refractivity contribution is 5.85. The third kappa shape index (κ3) is 5.28. The maximum Gasteiger partial charge on any atom is 0.277 e. The van der Waals surface area contributed by atoms with Crippen molar-refractivity contribution in [2.45, 2.75) is 45.2 Å². The summed E-state index contributed by atoms with van der Waals surface area (Å²) in [5.41, 5.74) is 5.99. The second kappa shape index (κ2) is 10.00. The van der Waals surface area contributed by atoms with Gasteiger partial charge in [-0.1, -0.05) is 37.1 Å². The smallest absolute Gasteiger partial charge is 0.277 e. The van der Waals surface area contributed by atoms with E-state index < -0.39 is 0 Å². The van der Waals surface area contributed by atoms with E-state index in [1.54, 1.807) is 24.3 Å². The summed E-state index contributed by atoms with van der Waals surface area (Å²) in [6.07, 6.45) is 3.14. The number of benzene rings is 1. The fourth-order valence-corrected chi connectivity index (χ4v) is 2.38. The van der Waals surface area contributed by atoms with Crippen molar-refractivity contribution in [2.24, 2.45) is 5.73 Å². The van der Waals surface area contributed by atoms with Gasteiger partial charge in [0.15, 0.2) is 0 Å². The van der Waals surface area contributed by atoms with Gasteiger partial charge in [0.05, 0.1) is 11.9 Å². The maximum absolute atomic E-state index is 12.3. The molecule has 0 bridgehead atoms. The molecule has 0 saturated heterocycles. The minimum absolute atomic E-state index is 0. The van der Waals surface area contributed by atoms with E-state index in [2.05, 4.69) is 22.6 Å². The number of aryl methyl sites for hydroxylation is 1. The molecule has 0 aliphatic rings. The van der Waals surface area contributed by atoms with Crippen molar-refractivity contribution in [2.75, 3.05) is 6.54 Å². The number of rotatable bonds is 8. The van der Waals surface area contributed by atoms with Crippen LogP contribution in [0.25, 0.3) is 10.9 Å². The Kier molecular flexibility index (Phi) is 8.35. The van der Waals surface area contributed by atoms with E-state index in [1.165, 1.54) is 4.68 Å². The third-order valence-corrected chi connectivity index (χ3v) is 3.74. The molecule has 1 amide bonds. The Hall–Kier alpha value is -1.99. The van der Waals surface area contributed by atoms with Crippen molar-refractivity contribution >= 4 is 29.2 Å². The van der Waals surface area contributed by atoms with E-state index >= 15 is 0 Å². The largest absolute Gasteiger partial charge is 0.352 e. The first-order valence-corrected chi connectivity index (χ1v) is 7.97. The molecule has 0 saturated carbocycles. The molecule has 0 fully saturated rings. The van der Waals surface area contributed by atoms with E-state index in [0.29, 0.717) is 17.4 Å². The zero-order valence-corrected chi connectivity index (χ0v) is 14.6. The molecular weight excluding hydrogens is 330 g/mol. The number of fused-ring (bicyclic) bond motifs is 1. The van der Waals surface area contributed by atoms with Gasteiger partial charge in [0.2, 0.25) is 5.91 Å². The number of unbranched alkanes of at least 4 members (excludes halogenated alkanes) is 1. The molecule has 1 atom stereocenters. The Morgan fingerprint density at radius 1 is 1.38 bits per heavy atom. The molecule has 1 unspecified atom stereocenters. The molecule has 0 aliphatic carbocycles. The summed E-state index contributed by atoms with van der Waals surface area (Å²) in [5, 5.41) is 11.3. The zero-order chi connectivity index (χ0) is 16.7. The van der Waals surface area contributed by atoms with Crippen molar-refractivity contribution < 1.29 is 4.79 Å². The summed E-state index contributed by atoms with van der Waals surface area (Å²) in [7, 11) is 0. The summed E-state index contributed by atoms with van der Waals surface area (Å²) in [6.45, 7) is 2.72. The van der Waals surface area contributed by atoms with Crippen molar-refractivity contribution in [3.63, 3.8) is 0 Å². The zero-order valence-electron chi connectivity index (χ0n) is 13.8. The predicted octanol–water partition coefficient (Wildman–Crippen LogP) is 1.24. The summed E-state index contributed by atoms with van der Waals surface area (Å²) in [4.78, 5) is 24.3. The van der Waals surface area contributed by atoms with Crippen LogP contribution in [-0.2, 0) is 11.3 Å². The molecule has 7 nitrogen and oxygen atoms in total. The number of nitrogens with two attached hydrogens (primary N) is 1. The standard InChI is InChI=1S/C16H23N5O2.ClH/c1-2-3-6-12(11-17)18-15(22)9-10-21-16(23)13-7-4-5-8-14(13)19-20-21;/h4-5,7-8,12H,2-3,6,9-11,17H2,1H3,(H,18,22);1H. The fraction of sp³-hybridized carbons (Fsp3) is 0.500. The van der Waals surface area contributed by atoms with Crippen molar-refractivity contribution in [1.82, 2.24) is 20.3 Å². The van der Waals surface area contributed by atoms with Gasteiger partial charge in [-0.3, -0.25) is 9.59 Å². The number of hydrogen-bond acceptors (Lipinski definition) is 5. The Morgan fingerprint density at radius 2 is 2.12 bits per heavy atom. The second-order valence-electron chi connectivity index (χ2n) is 5.53. The lowest BCUT2D eigenvalue weighted by atomic mass is 10.1. The molecule has 3 N–H and O–H groups in total. The number of carbonyl (C=O) groups excluding carboxylic acids is 1. The molecule has 8 heteroatoms. The van der Waals surface area contributed by atoms with Crippen LogP contribution in [0.5, 0.6) is 0 Å². The van der Waals surface area contributed by atoms with Crippen LogP contribution in [0.2, 0.25) is 0 Å². The number of halogens is 1. The van der Waals surface area contributed by atoms with Crippen molar-refractivity contribution in [1.29, 1.82) is 0 Å². The summed E-state index contributed by atoms with van der Waals surface area (Å²) >= 11 is 0. The molecule has 132 valence electrons. The molecule has 1 heterocycles. The molecular formula is C16H24ClN5O2. The van der Waals surface area contributed by atoms with Crippen LogP contribution in [0.1, 0.15) is 32.6 Å². The van der Waals surface area contributed by atoms with Gasteiger partial charge in [-0.25, -0.2) is 4.68 Å². The maximum atomic E-state index is 12.3. The number of aromatic nitrogens is 3. The Balaban J connectivity index is 0.00000288. The lowest BCUT2D eigenvalue weighted by Gasteiger charge is -2.16. The van der Waals surface area contributed by atoms with Crippen LogP contribution >= 0.6 is 12.4 Å². The normalized spacial score (nSPS) is 11.8. The second-order valence-corrected chi connectivity index (χ2v) is 5.53. The van der Waals surface area contributed by atoms with Gasteiger partial charge in [-0.05, 0) is 18.6 Å². The number of amides is 1. The molecule has 0 aliphatic heterocycles. The Morgan fingerprint density at radius 3 is 2.83 bits per heavy atom. The van der Waals surface area contributed by atoms with E-state index in [-0.39, 0.29) is 42.9 Å². The highest BCUT2D eigenvalue weighted by atomic mass is 35.5. The first-order valence-electron chi connectivity index (χ1n) is 7.97. The number of hydrogen-bond donors (Lipinski definition) is 2. The molecule has 2 rings (SSSR count). The lowest BCUT2D eigenvalue weighted by molar-refractivity contribution is -0.122. The minimum atomic E-state index is -0.232. The third-order valence-electron chi connectivity index (χ3n) is 3.74. The quantitative estimate of drug-likeness (QED) is 0.743. The van der Waals surface area contributed by atoms with Crippen molar-refractivity contribution in [3.05, 3.63) is 34.6 Å². The summed E-state index contributed by atoms with van der Waals surface area (Å²) in [5.74, 6) is -0.126. The van der Waals surface area contributed by atoms with Gasteiger partial charge in [0.1, 0.15) is 5.52 Å².